The van der Waals surface area contributed by atoms with Gasteiger partial charge in [-0.2, -0.15) is 0 Å². The summed E-state index contributed by atoms with van der Waals surface area (Å²) in [6.45, 7) is 0. The molecule has 0 aliphatic rings. The van der Waals surface area contributed by atoms with Gasteiger partial charge in [-0.15, -0.1) is 10.2 Å². The number of amides is 2. The van der Waals surface area contributed by atoms with Gasteiger partial charge in [0, 0.05) is 18.2 Å². The monoisotopic (exact) mass is 382 g/mol. The number of nitrogens with one attached hydrogen (secondary N) is 1. The minimum atomic E-state index is -0.453. The summed E-state index contributed by atoms with van der Waals surface area (Å²) in [4.78, 5) is 24.2. The molecule has 27 heavy (non-hydrogen) atoms. The van der Waals surface area contributed by atoms with Gasteiger partial charge < -0.3 is 9.30 Å². The number of benzene rings is 2. The topological polar surface area (TPSA) is 86.1 Å². The van der Waals surface area contributed by atoms with E-state index in [1.807, 2.05) is 41.9 Å². The minimum Gasteiger partial charge on any atom is -0.497 e. The highest BCUT2D eigenvalue weighted by atomic mass is 32.2. The van der Waals surface area contributed by atoms with Gasteiger partial charge in [-0.3, -0.25) is 14.9 Å². The van der Waals surface area contributed by atoms with Crippen LogP contribution >= 0.6 is 11.8 Å². The first-order valence-electron chi connectivity index (χ1n) is 8.14. The van der Waals surface area contributed by atoms with E-state index >= 15 is 0 Å². The van der Waals surface area contributed by atoms with Crippen LogP contribution in [0, 0.1) is 0 Å². The molecule has 0 unspecified atom stereocenters. The van der Waals surface area contributed by atoms with Gasteiger partial charge in [0.15, 0.2) is 11.0 Å². The molecule has 1 heterocycles. The van der Waals surface area contributed by atoms with Crippen molar-refractivity contribution in [3.63, 3.8) is 0 Å². The smallest absolute Gasteiger partial charge is 0.257 e. The minimum absolute atomic E-state index is 0.0582. The normalized spacial score (nSPS) is 10.4. The number of thioether (sulfide) groups is 1. The lowest BCUT2D eigenvalue weighted by Crippen LogP contribution is -2.31. The van der Waals surface area contributed by atoms with Crippen molar-refractivity contribution in [3.8, 4) is 17.1 Å². The van der Waals surface area contributed by atoms with Gasteiger partial charge in [0.1, 0.15) is 5.75 Å². The largest absolute Gasteiger partial charge is 0.497 e. The number of nitrogens with zero attached hydrogens (tertiary/aromatic N) is 3. The molecule has 8 heteroatoms. The van der Waals surface area contributed by atoms with Crippen LogP contribution in [0.15, 0.2) is 59.8 Å². The zero-order valence-electron chi connectivity index (χ0n) is 14.9. The number of carbonyl (C=O) groups excluding carboxylic acids is 2. The van der Waals surface area contributed by atoms with E-state index in [0.29, 0.717) is 22.3 Å². The summed E-state index contributed by atoms with van der Waals surface area (Å²) < 4.78 is 6.86. The second-order valence-corrected chi connectivity index (χ2v) is 6.57. The number of hydrogen-bond acceptors (Lipinski definition) is 6. The van der Waals surface area contributed by atoms with Crippen LogP contribution in [-0.2, 0) is 11.8 Å². The zero-order valence-corrected chi connectivity index (χ0v) is 15.7. The van der Waals surface area contributed by atoms with E-state index in [2.05, 4.69) is 15.5 Å². The molecule has 3 rings (SSSR count). The van der Waals surface area contributed by atoms with E-state index in [1.165, 1.54) is 11.8 Å². The van der Waals surface area contributed by atoms with E-state index in [1.54, 1.807) is 31.4 Å². The van der Waals surface area contributed by atoms with Crippen LogP contribution < -0.4 is 10.1 Å². The van der Waals surface area contributed by atoms with Crippen molar-refractivity contribution in [3.05, 3.63) is 60.2 Å². The van der Waals surface area contributed by atoms with Crippen LogP contribution in [0.5, 0.6) is 5.75 Å². The Morgan fingerprint density at radius 3 is 2.44 bits per heavy atom. The maximum absolute atomic E-state index is 12.1. The molecule has 3 aromatic rings. The summed E-state index contributed by atoms with van der Waals surface area (Å²) in [5.74, 6) is 0.567. The predicted molar refractivity (Wildman–Crippen MR) is 103 cm³/mol. The lowest BCUT2D eigenvalue weighted by Gasteiger charge is -2.06. The number of methoxy groups -OCH3 is 1. The van der Waals surface area contributed by atoms with Gasteiger partial charge in [-0.1, -0.05) is 42.1 Å². The van der Waals surface area contributed by atoms with Crippen molar-refractivity contribution in [1.82, 2.24) is 20.1 Å². The Bertz CT molecular complexity index is 939. The van der Waals surface area contributed by atoms with Gasteiger partial charge in [-0.25, -0.2) is 0 Å². The average Bonchev–Trinajstić information content (AvgIpc) is 3.07. The van der Waals surface area contributed by atoms with Crippen molar-refractivity contribution < 1.29 is 14.3 Å². The van der Waals surface area contributed by atoms with Crippen molar-refractivity contribution in [2.45, 2.75) is 5.16 Å². The second-order valence-electron chi connectivity index (χ2n) is 5.63. The van der Waals surface area contributed by atoms with Crippen LogP contribution in [0.3, 0.4) is 0 Å². The molecular weight excluding hydrogens is 364 g/mol. The van der Waals surface area contributed by atoms with Crippen molar-refractivity contribution >= 4 is 23.6 Å². The van der Waals surface area contributed by atoms with Gasteiger partial charge in [-0.05, 0) is 24.3 Å². The maximum atomic E-state index is 12.1. The fourth-order valence-corrected chi connectivity index (χ4v) is 3.10. The Morgan fingerprint density at radius 2 is 1.78 bits per heavy atom. The van der Waals surface area contributed by atoms with E-state index in [-0.39, 0.29) is 5.75 Å². The van der Waals surface area contributed by atoms with E-state index in [0.717, 1.165) is 5.56 Å². The number of hydrogen-bond donors (Lipinski definition) is 1. The van der Waals surface area contributed by atoms with Crippen LogP contribution in [-0.4, -0.2) is 39.4 Å². The molecule has 0 saturated carbocycles. The summed E-state index contributed by atoms with van der Waals surface area (Å²) in [5, 5.41) is 11.3. The van der Waals surface area contributed by atoms with E-state index < -0.39 is 11.8 Å². The highest BCUT2D eigenvalue weighted by molar-refractivity contribution is 7.99. The third-order valence-corrected chi connectivity index (χ3v) is 4.82. The lowest BCUT2D eigenvalue weighted by atomic mass is 10.2. The van der Waals surface area contributed by atoms with Crippen LogP contribution in [0.25, 0.3) is 11.4 Å². The van der Waals surface area contributed by atoms with Gasteiger partial charge in [0.05, 0.1) is 12.9 Å². The first-order valence-corrected chi connectivity index (χ1v) is 9.13. The number of ether oxygens (including phenoxy) is 1. The Kier molecular flexibility index (Phi) is 5.87. The van der Waals surface area contributed by atoms with Crippen LogP contribution in [0.2, 0.25) is 0 Å². The van der Waals surface area contributed by atoms with Crippen LogP contribution in [0.4, 0.5) is 0 Å². The van der Waals surface area contributed by atoms with Crippen molar-refractivity contribution in [1.29, 1.82) is 0 Å². The third-order valence-electron chi connectivity index (χ3n) is 3.80. The highest BCUT2D eigenvalue weighted by Gasteiger charge is 2.15. The Labute approximate surface area is 160 Å². The fraction of sp³-hybridized carbons (Fsp3) is 0.158. The van der Waals surface area contributed by atoms with Crippen molar-refractivity contribution in [2.24, 2.45) is 7.05 Å². The molecule has 0 aliphatic carbocycles. The summed E-state index contributed by atoms with van der Waals surface area (Å²) >= 11 is 1.22. The molecule has 1 aromatic heterocycles. The molecule has 0 spiro atoms. The van der Waals surface area contributed by atoms with E-state index in [4.69, 9.17) is 4.74 Å². The highest BCUT2D eigenvalue weighted by Crippen LogP contribution is 2.22. The number of rotatable bonds is 6. The summed E-state index contributed by atoms with van der Waals surface area (Å²) in [5.41, 5.74) is 1.33. The van der Waals surface area contributed by atoms with Gasteiger partial charge >= 0.3 is 0 Å². The number of aromatic nitrogens is 3. The van der Waals surface area contributed by atoms with Gasteiger partial charge in [0.2, 0.25) is 5.91 Å². The predicted octanol–water partition coefficient (Wildman–Crippen LogP) is 2.54. The zero-order chi connectivity index (χ0) is 19.2. The molecule has 1 N–H and O–H groups in total. The second kappa shape index (κ2) is 8.50. The third kappa shape index (κ3) is 4.53. The maximum Gasteiger partial charge on any atom is 0.257 e. The molecule has 0 radical (unpaired) electrons. The number of imide groups is 1. The SMILES string of the molecule is COc1ccc(C(=O)NC(=O)CSc2nnc(-c3ccccc3)n2C)cc1. The first kappa shape index (κ1) is 18.7. The standard InChI is InChI=1S/C19H18N4O3S/c1-23-17(13-6-4-3-5-7-13)21-22-19(23)27-12-16(24)20-18(25)14-8-10-15(26-2)11-9-14/h3-11H,12H2,1-2H3,(H,20,24,25). The van der Waals surface area contributed by atoms with E-state index in [9.17, 15) is 9.59 Å². The first-order chi connectivity index (χ1) is 13.1. The molecule has 0 atom stereocenters. The van der Waals surface area contributed by atoms with Gasteiger partial charge in [0.25, 0.3) is 5.91 Å². The quantitative estimate of drug-likeness (QED) is 0.660. The van der Waals surface area contributed by atoms with Crippen molar-refractivity contribution in [2.75, 3.05) is 12.9 Å². The molecule has 0 aliphatic heterocycles. The summed E-state index contributed by atoms with van der Waals surface area (Å²) in [6, 6.07) is 16.2. The molecule has 0 fully saturated rings. The van der Waals surface area contributed by atoms with Crippen LogP contribution in [0.1, 0.15) is 10.4 Å². The summed E-state index contributed by atoms with van der Waals surface area (Å²) in [6.07, 6.45) is 0. The molecule has 7 nitrogen and oxygen atoms in total. The molecular formula is C19H18N4O3S. The molecule has 0 saturated heterocycles. The molecule has 0 bridgehead atoms. The fourth-order valence-electron chi connectivity index (χ4n) is 2.39. The molecule has 2 aromatic carbocycles. The lowest BCUT2D eigenvalue weighted by molar-refractivity contribution is -0.117. The Hall–Kier alpha value is -3.13. The summed E-state index contributed by atoms with van der Waals surface area (Å²) in [7, 11) is 3.39. The number of carbonyl (C=O) groups is 2. The Balaban J connectivity index is 1.57. The Morgan fingerprint density at radius 1 is 1.07 bits per heavy atom. The molecule has 2 amide bonds. The molecule has 138 valence electrons. The average molecular weight is 382 g/mol.